The van der Waals surface area contributed by atoms with Gasteiger partial charge in [0.05, 0.1) is 16.9 Å². The van der Waals surface area contributed by atoms with Gasteiger partial charge < -0.3 is 16.0 Å². The van der Waals surface area contributed by atoms with E-state index in [1.54, 1.807) is 0 Å². The lowest BCUT2D eigenvalue weighted by Crippen LogP contribution is -2.17. The molecule has 4 nitrogen and oxygen atoms in total. The Hall–Kier alpha value is -1.76. The number of nitrogens with one attached hydrogen (secondary N) is 3. The molecule has 0 aliphatic carbocycles. The van der Waals surface area contributed by atoms with E-state index in [4.69, 9.17) is 0 Å². The summed E-state index contributed by atoms with van der Waals surface area (Å²) >= 11 is 0. The Morgan fingerprint density at radius 2 is 2.12 bits per heavy atom. The number of rotatable bonds is 7. The molecule has 1 unspecified atom stereocenters. The summed E-state index contributed by atoms with van der Waals surface area (Å²) < 4.78 is 38.7. The Balaban J connectivity index is 2.04. The molecule has 1 amide bonds. The minimum Gasteiger partial charge on any atom is -0.383 e. The van der Waals surface area contributed by atoms with Gasteiger partial charge in [-0.2, -0.15) is 13.2 Å². The molecule has 7 heteroatoms. The molecule has 1 fully saturated rings. The van der Waals surface area contributed by atoms with Crippen LogP contribution in [-0.4, -0.2) is 25.5 Å². The number of anilines is 2. The zero-order valence-corrected chi connectivity index (χ0v) is 13.8. The molecule has 2 rings (SSSR count). The van der Waals surface area contributed by atoms with Crippen molar-refractivity contribution in [1.29, 1.82) is 0 Å². The van der Waals surface area contributed by atoms with Crippen molar-refractivity contribution < 1.29 is 18.0 Å². The van der Waals surface area contributed by atoms with Crippen LogP contribution in [0, 0.1) is 5.92 Å². The second kappa shape index (κ2) is 8.37. The number of halogens is 3. The minimum atomic E-state index is -4.43. The van der Waals surface area contributed by atoms with Crippen LogP contribution in [-0.2, 0) is 11.0 Å². The Morgan fingerprint density at radius 3 is 2.75 bits per heavy atom. The highest BCUT2D eigenvalue weighted by atomic mass is 19.4. The van der Waals surface area contributed by atoms with Gasteiger partial charge in [0.1, 0.15) is 0 Å². The van der Waals surface area contributed by atoms with E-state index in [0.29, 0.717) is 24.6 Å². The van der Waals surface area contributed by atoms with Crippen LogP contribution in [0.4, 0.5) is 24.5 Å². The van der Waals surface area contributed by atoms with Crippen LogP contribution in [0.15, 0.2) is 18.2 Å². The zero-order chi connectivity index (χ0) is 17.6. The first kappa shape index (κ1) is 18.6. The third-order valence-corrected chi connectivity index (χ3v) is 4.13. The fourth-order valence-electron chi connectivity index (χ4n) is 2.75. The van der Waals surface area contributed by atoms with Gasteiger partial charge in [-0.3, -0.25) is 4.79 Å². The molecule has 1 aliphatic rings. The van der Waals surface area contributed by atoms with E-state index in [-0.39, 0.29) is 11.6 Å². The first-order valence-corrected chi connectivity index (χ1v) is 8.36. The van der Waals surface area contributed by atoms with Crippen LogP contribution < -0.4 is 16.0 Å². The van der Waals surface area contributed by atoms with E-state index in [1.807, 2.05) is 6.92 Å². The van der Waals surface area contributed by atoms with Gasteiger partial charge in [0.2, 0.25) is 5.91 Å². The minimum absolute atomic E-state index is 0.188. The second-order valence-electron chi connectivity index (χ2n) is 6.13. The number of benzene rings is 1. The monoisotopic (exact) mass is 343 g/mol. The standard InChI is InChI=1S/C17H24F3N3O/c1-2-8-22-14-5-4-13(17(18,19)20)10-15(14)23-16(24)6-3-12-7-9-21-11-12/h4-5,10,12,21-22H,2-3,6-9,11H2,1H3,(H,23,24). The molecule has 0 spiro atoms. The summed E-state index contributed by atoms with van der Waals surface area (Å²) in [5.41, 5.74) is -0.0617. The zero-order valence-electron chi connectivity index (χ0n) is 13.8. The number of hydrogen-bond acceptors (Lipinski definition) is 3. The largest absolute Gasteiger partial charge is 0.416 e. The van der Waals surface area contributed by atoms with Crippen molar-refractivity contribution in [2.45, 2.75) is 38.8 Å². The molecule has 1 aliphatic heterocycles. The first-order chi connectivity index (χ1) is 11.4. The quantitative estimate of drug-likeness (QED) is 0.705. The van der Waals surface area contributed by atoms with Gasteiger partial charge >= 0.3 is 6.18 Å². The molecular formula is C17H24F3N3O. The molecule has 1 heterocycles. The molecule has 1 aromatic carbocycles. The normalized spacial score (nSPS) is 17.8. The smallest absolute Gasteiger partial charge is 0.383 e. The summed E-state index contributed by atoms with van der Waals surface area (Å²) in [4.78, 5) is 12.1. The Labute approximate surface area is 140 Å². The highest BCUT2D eigenvalue weighted by molar-refractivity contribution is 5.94. The fraction of sp³-hybridized carbons (Fsp3) is 0.588. The molecule has 134 valence electrons. The number of alkyl halides is 3. The maximum atomic E-state index is 12.9. The summed E-state index contributed by atoms with van der Waals surface area (Å²) in [6, 6.07) is 3.39. The van der Waals surface area contributed by atoms with Crippen molar-refractivity contribution in [2.24, 2.45) is 5.92 Å². The Bertz CT molecular complexity index is 555. The average molecular weight is 343 g/mol. The molecular weight excluding hydrogens is 319 g/mol. The molecule has 0 aromatic heterocycles. The highest BCUT2D eigenvalue weighted by Crippen LogP contribution is 2.34. The third-order valence-electron chi connectivity index (χ3n) is 4.13. The van der Waals surface area contributed by atoms with Gasteiger partial charge in [-0.1, -0.05) is 6.92 Å². The Kier molecular flexibility index (Phi) is 6.48. The van der Waals surface area contributed by atoms with Gasteiger partial charge in [-0.15, -0.1) is 0 Å². The SMILES string of the molecule is CCCNc1ccc(C(F)(F)F)cc1NC(=O)CCC1CCNC1. The highest BCUT2D eigenvalue weighted by Gasteiger charge is 2.31. The number of carbonyl (C=O) groups excluding carboxylic acids is 1. The number of amides is 1. The summed E-state index contributed by atoms with van der Waals surface area (Å²) in [7, 11) is 0. The van der Waals surface area contributed by atoms with Crippen LogP contribution in [0.25, 0.3) is 0 Å². The molecule has 1 atom stereocenters. The van der Waals surface area contributed by atoms with Crippen molar-refractivity contribution in [1.82, 2.24) is 5.32 Å². The van der Waals surface area contributed by atoms with Crippen LogP contribution >= 0.6 is 0 Å². The molecule has 1 saturated heterocycles. The molecule has 1 aromatic rings. The van der Waals surface area contributed by atoms with Crippen LogP contribution in [0.1, 0.15) is 38.2 Å². The van der Waals surface area contributed by atoms with E-state index in [9.17, 15) is 18.0 Å². The number of hydrogen-bond donors (Lipinski definition) is 3. The van der Waals surface area contributed by atoms with E-state index >= 15 is 0 Å². The van der Waals surface area contributed by atoms with Crippen molar-refractivity contribution in [2.75, 3.05) is 30.3 Å². The molecule has 0 radical (unpaired) electrons. The van der Waals surface area contributed by atoms with Crippen molar-refractivity contribution in [3.05, 3.63) is 23.8 Å². The lowest BCUT2D eigenvalue weighted by Gasteiger charge is -2.16. The Morgan fingerprint density at radius 1 is 1.33 bits per heavy atom. The van der Waals surface area contributed by atoms with Gasteiger partial charge in [-0.25, -0.2) is 0 Å². The predicted molar refractivity (Wildman–Crippen MR) is 89.1 cm³/mol. The third kappa shape index (κ3) is 5.40. The van der Waals surface area contributed by atoms with Crippen LogP contribution in [0.2, 0.25) is 0 Å². The summed E-state index contributed by atoms with van der Waals surface area (Å²) in [5, 5.41) is 8.92. The van der Waals surface area contributed by atoms with Crippen LogP contribution in [0.5, 0.6) is 0 Å². The van der Waals surface area contributed by atoms with Gasteiger partial charge in [0.15, 0.2) is 0 Å². The second-order valence-corrected chi connectivity index (χ2v) is 6.13. The lowest BCUT2D eigenvalue weighted by atomic mass is 10.0. The molecule has 0 bridgehead atoms. The van der Waals surface area contributed by atoms with E-state index in [2.05, 4.69) is 16.0 Å². The maximum absolute atomic E-state index is 12.9. The van der Waals surface area contributed by atoms with Crippen molar-refractivity contribution in [3.63, 3.8) is 0 Å². The fourth-order valence-corrected chi connectivity index (χ4v) is 2.75. The van der Waals surface area contributed by atoms with Gasteiger partial charge in [0, 0.05) is 13.0 Å². The van der Waals surface area contributed by atoms with E-state index < -0.39 is 11.7 Å². The first-order valence-electron chi connectivity index (χ1n) is 8.36. The summed E-state index contributed by atoms with van der Waals surface area (Å²) in [6.07, 6.45) is -1.49. The van der Waals surface area contributed by atoms with E-state index in [1.165, 1.54) is 6.07 Å². The topological polar surface area (TPSA) is 53.2 Å². The summed E-state index contributed by atoms with van der Waals surface area (Å²) in [6.45, 7) is 4.46. The predicted octanol–water partition coefficient (Wildman–Crippen LogP) is 3.86. The van der Waals surface area contributed by atoms with Crippen molar-refractivity contribution in [3.8, 4) is 0 Å². The van der Waals surface area contributed by atoms with Gasteiger partial charge in [0.25, 0.3) is 0 Å². The molecule has 24 heavy (non-hydrogen) atoms. The van der Waals surface area contributed by atoms with Crippen molar-refractivity contribution >= 4 is 17.3 Å². The number of carbonyl (C=O) groups is 1. The molecule has 3 N–H and O–H groups in total. The lowest BCUT2D eigenvalue weighted by molar-refractivity contribution is -0.137. The maximum Gasteiger partial charge on any atom is 0.416 e. The van der Waals surface area contributed by atoms with Gasteiger partial charge in [-0.05, 0) is 56.5 Å². The summed E-state index contributed by atoms with van der Waals surface area (Å²) in [5.74, 6) is 0.218. The van der Waals surface area contributed by atoms with Crippen LogP contribution in [0.3, 0.4) is 0 Å². The molecule has 0 saturated carbocycles. The average Bonchev–Trinajstić information content (AvgIpc) is 3.04. The van der Waals surface area contributed by atoms with E-state index in [0.717, 1.165) is 44.5 Å².